The van der Waals surface area contributed by atoms with E-state index in [4.69, 9.17) is 5.73 Å². The Morgan fingerprint density at radius 3 is 2.11 bits per heavy atom. The molecule has 0 saturated heterocycles. The largest absolute Gasteiger partial charge is 0.323 e. The summed E-state index contributed by atoms with van der Waals surface area (Å²) in [6.45, 7) is 4.44. The van der Waals surface area contributed by atoms with Gasteiger partial charge < -0.3 is 5.73 Å². The van der Waals surface area contributed by atoms with E-state index in [2.05, 4.69) is 25.3 Å². The van der Waals surface area contributed by atoms with E-state index in [9.17, 15) is 0 Å². The summed E-state index contributed by atoms with van der Waals surface area (Å²) >= 11 is 1.81. The van der Waals surface area contributed by atoms with Gasteiger partial charge in [-0.1, -0.05) is 64.7 Å². The molecule has 1 aromatic heterocycles. The molecule has 1 nitrogen and oxygen atoms in total. The van der Waals surface area contributed by atoms with E-state index < -0.39 is 0 Å². The Hall–Kier alpha value is -0.340. The summed E-state index contributed by atoms with van der Waals surface area (Å²) in [5, 5.41) is 2.15. The molecule has 0 bridgehead atoms. The predicted molar refractivity (Wildman–Crippen MR) is 87.8 cm³/mol. The molecule has 19 heavy (non-hydrogen) atoms. The molecule has 110 valence electrons. The van der Waals surface area contributed by atoms with Crippen LogP contribution in [0.3, 0.4) is 0 Å². The summed E-state index contributed by atoms with van der Waals surface area (Å²) in [7, 11) is 0. The van der Waals surface area contributed by atoms with Crippen molar-refractivity contribution < 1.29 is 0 Å². The number of rotatable bonds is 11. The molecule has 0 fully saturated rings. The average molecular weight is 282 g/mol. The van der Waals surface area contributed by atoms with Gasteiger partial charge >= 0.3 is 0 Å². The number of thiophene rings is 1. The van der Waals surface area contributed by atoms with E-state index in [-0.39, 0.29) is 6.04 Å². The summed E-state index contributed by atoms with van der Waals surface area (Å²) in [5.74, 6) is 0. The Kier molecular flexibility index (Phi) is 9.19. The molecule has 2 N–H and O–H groups in total. The minimum absolute atomic E-state index is 0.268. The Morgan fingerprint density at radius 1 is 1.00 bits per heavy atom. The Bertz CT molecular complexity index is 319. The molecule has 1 heterocycles. The summed E-state index contributed by atoms with van der Waals surface area (Å²) < 4.78 is 0. The van der Waals surface area contributed by atoms with Crippen molar-refractivity contribution in [2.45, 2.75) is 84.1 Å². The normalized spacial score (nSPS) is 12.8. The van der Waals surface area contributed by atoms with Crippen molar-refractivity contribution in [2.24, 2.45) is 5.73 Å². The minimum atomic E-state index is 0.268. The van der Waals surface area contributed by atoms with Gasteiger partial charge in [-0.3, -0.25) is 0 Å². The predicted octanol–water partition coefficient (Wildman–Crippen LogP) is 5.98. The highest BCUT2D eigenvalue weighted by Crippen LogP contribution is 2.26. The fourth-order valence-electron chi connectivity index (χ4n) is 2.57. The molecule has 0 aliphatic heterocycles. The van der Waals surface area contributed by atoms with Gasteiger partial charge in [-0.15, -0.1) is 11.3 Å². The molecular formula is C17H31NS. The molecule has 1 rings (SSSR count). The minimum Gasteiger partial charge on any atom is -0.323 e. The zero-order chi connectivity index (χ0) is 13.9. The van der Waals surface area contributed by atoms with Crippen molar-refractivity contribution in [3.05, 3.63) is 21.9 Å². The quantitative estimate of drug-likeness (QED) is 0.496. The number of aryl methyl sites for hydroxylation is 1. The van der Waals surface area contributed by atoms with Gasteiger partial charge in [0.25, 0.3) is 0 Å². The zero-order valence-corrected chi connectivity index (χ0v) is 13.6. The van der Waals surface area contributed by atoms with Crippen LogP contribution < -0.4 is 5.73 Å². The lowest BCUT2D eigenvalue weighted by atomic mass is 10.0. The summed E-state index contributed by atoms with van der Waals surface area (Å²) in [6.07, 6.45) is 13.6. The Morgan fingerprint density at radius 2 is 1.58 bits per heavy atom. The van der Waals surface area contributed by atoms with Gasteiger partial charge in [0.2, 0.25) is 0 Å². The molecule has 0 amide bonds. The monoisotopic (exact) mass is 281 g/mol. The van der Waals surface area contributed by atoms with Crippen LogP contribution in [0.2, 0.25) is 0 Å². The summed E-state index contributed by atoms with van der Waals surface area (Å²) in [5.41, 5.74) is 7.62. The second-order valence-electron chi connectivity index (χ2n) is 5.69. The van der Waals surface area contributed by atoms with Crippen LogP contribution in [0.25, 0.3) is 0 Å². The van der Waals surface area contributed by atoms with Crippen molar-refractivity contribution in [1.29, 1.82) is 0 Å². The lowest BCUT2D eigenvalue weighted by molar-refractivity contribution is 0.534. The van der Waals surface area contributed by atoms with E-state index in [1.54, 1.807) is 0 Å². The maximum atomic E-state index is 6.25. The Labute approximate surface area is 123 Å². The smallest absolute Gasteiger partial charge is 0.0392 e. The van der Waals surface area contributed by atoms with Crippen LogP contribution in [-0.2, 0) is 0 Å². The lowest BCUT2D eigenvalue weighted by Gasteiger charge is -2.10. The second-order valence-corrected chi connectivity index (χ2v) is 6.64. The molecule has 0 radical (unpaired) electrons. The van der Waals surface area contributed by atoms with Gasteiger partial charge in [-0.05, 0) is 30.4 Å². The lowest BCUT2D eigenvalue weighted by Crippen LogP contribution is -2.09. The second kappa shape index (κ2) is 10.4. The Balaban J connectivity index is 1.95. The number of hydrogen-bond acceptors (Lipinski definition) is 2. The van der Waals surface area contributed by atoms with Gasteiger partial charge in [0.05, 0.1) is 0 Å². The molecular weight excluding hydrogens is 250 g/mol. The standard InChI is InChI=1S/C17H31NS/c1-3-4-5-6-7-8-9-10-11-12-16(18)17-15(2)13-14-19-17/h13-14,16H,3-12,18H2,1-2H3. The first kappa shape index (κ1) is 16.7. The van der Waals surface area contributed by atoms with Crippen molar-refractivity contribution >= 4 is 11.3 Å². The van der Waals surface area contributed by atoms with E-state index in [0.29, 0.717) is 0 Å². The fraction of sp³-hybridized carbons (Fsp3) is 0.765. The van der Waals surface area contributed by atoms with Crippen molar-refractivity contribution in [2.75, 3.05) is 0 Å². The van der Waals surface area contributed by atoms with E-state index in [1.165, 1.54) is 68.2 Å². The number of nitrogens with two attached hydrogens (primary N) is 1. The van der Waals surface area contributed by atoms with Gasteiger partial charge in [-0.2, -0.15) is 0 Å². The van der Waals surface area contributed by atoms with Crippen molar-refractivity contribution in [1.82, 2.24) is 0 Å². The van der Waals surface area contributed by atoms with E-state index in [1.807, 2.05) is 11.3 Å². The van der Waals surface area contributed by atoms with Crippen LogP contribution in [-0.4, -0.2) is 0 Å². The van der Waals surface area contributed by atoms with E-state index >= 15 is 0 Å². The molecule has 1 atom stereocenters. The SMILES string of the molecule is CCCCCCCCCCCC(N)c1sccc1C. The third-order valence-corrected chi connectivity index (χ3v) is 5.01. The maximum absolute atomic E-state index is 6.25. The van der Waals surface area contributed by atoms with Crippen LogP contribution in [0, 0.1) is 6.92 Å². The van der Waals surface area contributed by atoms with Gasteiger partial charge in [-0.25, -0.2) is 0 Å². The van der Waals surface area contributed by atoms with Crippen LogP contribution in [0.15, 0.2) is 11.4 Å². The maximum Gasteiger partial charge on any atom is 0.0392 e. The molecule has 0 spiro atoms. The highest BCUT2D eigenvalue weighted by molar-refractivity contribution is 7.10. The fourth-order valence-corrected chi connectivity index (χ4v) is 3.54. The third kappa shape index (κ3) is 7.12. The molecule has 0 aromatic carbocycles. The molecule has 0 aliphatic carbocycles. The van der Waals surface area contributed by atoms with Crippen molar-refractivity contribution in [3.63, 3.8) is 0 Å². The van der Waals surface area contributed by atoms with Crippen LogP contribution in [0.5, 0.6) is 0 Å². The average Bonchev–Trinajstić information content (AvgIpc) is 2.83. The van der Waals surface area contributed by atoms with Gasteiger partial charge in [0.1, 0.15) is 0 Å². The first-order chi connectivity index (χ1) is 9.25. The topological polar surface area (TPSA) is 26.0 Å². The summed E-state index contributed by atoms with van der Waals surface area (Å²) in [6, 6.07) is 2.44. The third-order valence-electron chi connectivity index (χ3n) is 3.86. The van der Waals surface area contributed by atoms with Gasteiger partial charge in [0, 0.05) is 10.9 Å². The summed E-state index contributed by atoms with van der Waals surface area (Å²) in [4.78, 5) is 1.39. The van der Waals surface area contributed by atoms with E-state index in [0.717, 1.165) is 6.42 Å². The van der Waals surface area contributed by atoms with Crippen LogP contribution in [0.4, 0.5) is 0 Å². The zero-order valence-electron chi connectivity index (χ0n) is 12.8. The number of unbranched alkanes of at least 4 members (excludes halogenated alkanes) is 8. The highest BCUT2D eigenvalue weighted by Gasteiger charge is 2.09. The highest BCUT2D eigenvalue weighted by atomic mass is 32.1. The van der Waals surface area contributed by atoms with Crippen LogP contribution in [0.1, 0.15) is 87.6 Å². The first-order valence-electron chi connectivity index (χ1n) is 8.05. The molecule has 1 aromatic rings. The first-order valence-corrected chi connectivity index (χ1v) is 8.93. The van der Waals surface area contributed by atoms with Crippen LogP contribution >= 0.6 is 11.3 Å². The molecule has 2 heteroatoms. The van der Waals surface area contributed by atoms with Gasteiger partial charge in [0.15, 0.2) is 0 Å². The molecule has 0 saturated carbocycles. The van der Waals surface area contributed by atoms with Crippen molar-refractivity contribution in [3.8, 4) is 0 Å². The molecule has 1 unspecified atom stereocenters. The number of hydrogen-bond donors (Lipinski definition) is 1. The molecule has 0 aliphatic rings.